The van der Waals surface area contributed by atoms with E-state index in [4.69, 9.17) is 10.1 Å². The Morgan fingerprint density at radius 3 is 2.59 bits per heavy atom. The zero-order valence-corrected chi connectivity index (χ0v) is 15.6. The van der Waals surface area contributed by atoms with Crippen molar-refractivity contribution < 1.29 is 18.4 Å². The van der Waals surface area contributed by atoms with Crippen molar-refractivity contribution in [1.29, 1.82) is 5.26 Å². The van der Waals surface area contributed by atoms with Crippen molar-refractivity contribution in [3.05, 3.63) is 76.9 Å². The minimum absolute atomic E-state index is 0.0285. The van der Waals surface area contributed by atoms with Crippen molar-refractivity contribution in [2.24, 2.45) is 5.16 Å². The van der Waals surface area contributed by atoms with Gasteiger partial charge in [-0.1, -0.05) is 23.4 Å². The van der Waals surface area contributed by atoms with Crippen LogP contribution in [-0.4, -0.2) is 29.6 Å². The van der Waals surface area contributed by atoms with E-state index in [0.29, 0.717) is 31.5 Å². The number of rotatable bonds is 5. The Labute approximate surface area is 167 Å². The van der Waals surface area contributed by atoms with Crippen molar-refractivity contribution in [1.82, 2.24) is 4.90 Å². The van der Waals surface area contributed by atoms with E-state index < -0.39 is 5.82 Å². The molecule has 0 radical (unpaired) electrons. The molecule has 1 saturated heterocycles. The number of hydrogen-bond acceptors (Lipinski definition) is 4. The summed E-state index contributed by atoms with van der Waals surface area (Å²) < 4.78 is 26.2. The number of hydrogen-bond donors (Lipinski definition) is 0. The molecule has 1 aliphatic rings. The highest BCUT2D eigenvalue weighted by atomic mass is 19.1. The van der Waals surface area contributed by atoms with Gasteiger partial charge in [-0.2, -0.15) is 5.26 Å². The van der Waals surface area contributed by atoms with Crippen LogP contribution in [0.25, 0.3) is 6.08 Å². The van der Waals surface area contributed by atoms with Gasteiger partial charge in [0.2, 0.25) is 5.91 Å². The van der Waals surface area contributed by atoms with Crippen molar-refractivity contribution in [3.8, 4) is 6.07 Å². The lowest BCUT2D eigenvalue weighted by Crippen LogP contribution is -2.37. The number of benzene rings is 2. The second kappa shape index (κ2) is 9.60. The zero-order chi connectivity index (χ0) is 20.6. The maximum absolute atomic E-state index is 13.3. The molecule has 1 heterocycles. The molecule has 0 N–H and O–H groups in total. The van der Waals surface area contributed by atoms with Crippen LogP contribution in [0.5, 0.6) is 0 Å². The van der Waals surface area contributed by atoms with E-state index in [1.54, 1.807) is 35.2 Å². The van der Waals surface area contributed by atoms with Gasteiger partial charge in [0.1, 0.15) is 24.3 Å². The maximum Gasteiger partial charge on any atom is 0.246 e. The fraction of sp³-hybridized carbons (Fsp3) is 0.227. The molecule has 0 spiro atoms. The van der Waals surface area contributed by atoms with Crippen LogP contribution in [0.1, 0.15) is 29.5 Å². The molecule has 2 aromatic carbocycles. The summed E-state index contributed by atoms with van der Waals surface area (Å²) in [5.74, 6) is -0.985. The van der Waals surface area contributed by atoms with Gasteiger partial charge in [-0.15, -0.1) is 0 Å². The second-order valence-electron chi connectivity index (χ2n) is 6.57. The number of carbonyl (C=O) groups excluding carboxylic acids is 1. The van der Waals surface area contributed by atoms with Crippen molar-refractivity contribution >= 4 is 17.7 Å². The predicted octanol–water partition coefficient (Wildman–Crippen LogP) is 4.04. The minimum Gasteiger partial charge on any atom is -0.391 e. The molecule has 0 aliphatic carbocycles. The van der Waals surface area contributed by atoms with E-state index in [9.17, 15) is 13.6 Å². The van der Waals surface area contributed by atoms with Crippen LogP contribution < -0.4 is 0 Å². The van der Waals surface area contributed by atoms with Crippen LogP contribution in [0.3, 0.4) is 0 Å². The number of nitrogens with zero attached hydrogens (tertiary/aromatic N) is 3. The molecule has 5 nitrogen and oxygen atoms in total. The third-order valence-electron chi connectivity index (χ3n) is 4.52. The molecule has 0 atom stereocenters. The maximum atomic E-state index is 13.3. The van der Waals surface area contributed by atoms with E-state index in [1.165, 1.54) is 30.3 Å². The minimum atomic E-state index is -0.562. The van der Waals surface area contributed by atoms with E-state index >= 15 is 0 Å². The van der Waals surface area contributed by atoms with Crippen LogP contribution in [-0.2, 0) is 16.2 Å². The Balaban J connectivity index is 1.46. The molecular formula is C22H19F2N3O2. The molecule has 3 rings (SSSR count). The van der Waals surface area contributed by atoms with Gasteiger partial charge < -0.3 is 9.74 Å². The van der Waals surface area contributed by atoms with Gasteiger partial charge >= 0.3 is 0 Å². The Morgan fingerprint density at radius 1 is 1.17 bits per heavy atom. The number of piperidine rings is 1. The fourth-order valence-electron chi connectivity index (χ4n) is 2.87. The van der Waals surface area contributed by atoms with Crippen LogP contribution in [0.15, 0.2) is 53.7 Å². The molecule has 2 aromatic rings. The van der Waals surface area contributed by atoms with Gasteiger partial charge in [-0.25, -0.2) is 8.78 Å². The summed E-state index contributed by atoms with van der Waals surface area (Å²) in [5.41, 5.74) is 2.23. The normalized spacial score (nSPS) is 14.0. The van der Waals surface area contributed by atoms with Crippen molar-refractivity contribution in [2.45, 2.75) is 19.4 Å². The quantitative estimate of drug-likeness (QED) is 0.567. The summed E-state index contributed by atoms with van der Waals surface area (Å²) in [4.78, 5) is 19.3. The summed E-state index contributed by atoms with van der Waals surface area (Å²) in [6.45, 7) is 1.20. The summed E-state index contributed by atoms with van der Waals surface area (Å²) in [6.07, 6.45) is 4.34. The Hall–Kier alpha value is -3.53. The molecular weight excluding hydrogens is 376 g/mol. The Kier molecular flexibility index (Phi) is 6.69. The van der Waals surface area contributed by atoms with Gasteiger partial charge in [0.05, 0.1) is 11.3 Å². The third kappa shape index (κ3) is 5.72. The summed E-state index contributed by atoms with van der Waals surface area (Å²) in [5, 5.41) is 12.9. The first-order valence-corrected chi connectivity index (χ1v) is 9.14. The Bertz CT molecular complexity index is 969. The first-order chi connectivity index (χ1) is 14.0. The highest BCUT2D eigenvalue weighted by molar-refractivity contribution is 5.94. The molecule has 148 valence electrons. The second-order valence-corrected chi connectivity index (χ2v) is 6.57. The molecule has 29 heavy (non-hydrogen) atoms. The third-order valence-corrected chi connectivity index (χ3v) is 4.52. The number of carbonyl (C=O) groups is 1. The standard InChI is InChI=1S/C22H19F2N3O2/c23-19-5-1-16(2-6-19)4-8-22(28)27-11-9-20(10-12-27)26-29-15-17-3-7-21(24)18(13-17)14-25/h1-8,13H,9-12,15H2/b8-4+. The molecule has 7 heteroatoms. The van der Waals surface area contributed by atoms with Gasteiger partial charge in [0, 0.05) is 32.0 Å². The molecule has 1 fully saturated rings. The smallest absolute Gasteiger partial charge is 0.246 e. The molecule has 1 amide bonds. The summed E-state index contributed by atoms with van der Waals surface area (Å²) >= 11 is 0. The van der Waals surface area contributed by atoms with Crippen LogP contribution in [0.2, 0.25) is 0 Å². The van der Waals surface area contributed by atoms with Crippen LogP contribution >= 0.6 is 0 Å². The van der Waals surface area contributed by atoms with Crippen LogP contribution in [0, 0.1) is 23.0 Å². The summed E-state index contributed by atoms with van der Waals surface area (Å²) in [6, 6.07) is 11.9. The van der Waals surface area contributed by atoms with E-state index in [2.05, 4.69) is 5.16 Å². The number of halogens is 2. The van der Waals surface area contributed by atoms with Gasteiger partial charge in [0.25, 0.3) is 0 Å². The van der Waals surface area contributed by atoms with Crippen molar-refractivity contribution in [2.75, 3.05) is 13.1 Å². The van der Waals surface area contributed by atoms with E-state index in [-0.39, 0.29) is 23.9 Å². The van der Waals surface area contributed by atoms with Crippen molar-refractivity contribution in [3.63, 3.8) is 0 Å². The number of nitriles is 1. The molecule has 0 bridgehead atoms. The first kappa shape index (κ1) is 20.2. The SMILES string of the molecule is N#Cc1cc(CON=C2CCN(C(=O)/C=C/c3ccc(F)cc3)CC2)ccc1F. The van der Waals surface area contributed by atoms with Gasteiger partial charge in [-0.3, -0.25) is 4.79 Å². The number of amides is 1. The number of oxime groups is 1. The Morgan fingerprint density at radius 2 is 1.90 bits per heavy atom. The first-order valence-electron chi connectivity index (χ1n) is 9.14. The average Bonchev–Trinajstić information content (AvgIpc) is 2.75. The van der Waals surface area contributed by atoms with E-state index in [0.717, 1.165) is 11.3 Å². The lowest BCUT2D eigenvalue weighted by molar-refractivity contribution is -0.126. The molecule has 0 saturated carbocycles. The predicted molar refractivity (Wildman–Crippen MR) is 105 cm³/mol. The number of likely N-dealkylation sites (tertiary alicyclic amines) is 1. The van der Waals surface area contributed by atoms with Gasteiger partial charge in [0.15, 0.2) is 0 Å². The zero-order valence-electron chi connectivity index (χ0n) is 15.6. The largest absolute Gasteiger partial charge is 0.391 e. The monoisotopic (exact) mass is 395 g/mol. The highest BCUT2D eigenvalue weighted by Gasteiger charge is 2.18. The topological polar surface area (TPSA) is 65.7 Å². The molecule has 1 aliphatic heterocycles. The highest BCUT2D eigenvalue weighted by Crippen LogP contribution is 2.13. The lowest BCUT2D eigenvalue weighted by Gasteiger charge is -2.26. The lowest BCUT2D eigenvalue weighted by atomic mass is 10.1. The molecule has 0 unspecified atom stereocenters. The van der Waals surface area contributed by atoms with E-state index in [1.807, 2.05) is 0 Å². The summed E-state index contributed by atoms with van der Waals surface area (Å²) in [7, 11) is 0. The molecule has 0 aromatic heterocycles. The van der Waals surface area contributed by atoms with Crippen LogP contribution in [0.4, 0.5) is 8.78 Å². The van der Waals surface area contributed by atoms with Gasteiger partial charge in [-0.05, 0) is 41.5 Å². The fourth-order valence-corrected chi connectivity index (χ4v) is 2.87. The average molecular weight is 395 g/mol.